The molecule has 0 unspecified atom stereocenters. The van der Waals surface area contributed by atoms with Crippen molar-refractivity contribution in [2.45, 2.75) is 0 Å². The van der Waals surface area contributed by atoms with Crippen molar-refractivity contribution in [3.05, 3.63) is 194 Å². The molecular formula is C52H32N4O. The van der Waals surface area contributed by atoms with Crippen LogP contribution in [0.3, 0.4) is 0 Å². The number of aromatic nitrogens is 4. The van der Waals surface area contributed by atoms with Gasteiger partial charge in [-0.3, -0.25) is 4.57 Å². The molecule has 12 rings (SSSR count). The Labute approximate surface area is 327 Å². The second kappa shape index (κ2) is 12.4. The molecule has 0 aliphatic heterocycles. The lowest BCUT2D eigenvalue weighted by atomic mass is 10.0. The van der Waals surface area contributed by atoms with E-state index in [1.54, 1.807) is 0 Å². The molecule has 0 spiro atoms. The molecule has 0 bridgehead atoms. The van der Waals surface area contributed by atoms with E-state index in [0.717, 1.165) is 88.6 Å². The SMILES string of the molecule is c1ccc(-c2cccc(-c3cc(-c4cccc5c4oc4ccccc45)nc(-n4c5ccccc5c5c4ccc4c6ccccc6n(-c6ccccc6)c45)n3)c2)cc1. The summed E-state index contributed by atoms with van der Waals surface area (Å²) in [5, 5.41) is 6.86. The van der Waals surface area contributed by atoms with Gasteiger partial charge in [0.25, 0.3) is 0 Å². The molecular weight excluding hydrogens is 697 g/mol. The molecule has 0 N–H and O–H groups in total. The van der Waals surface area contributed by atoms with Gasteiger partial charge in [-0.2, -0.15) is 0 Å². The molecule has 57 heavy (non-hydrogen) atoms. The van der Waals surface area contributed by atoms with Crippen molar-refractivity contribution in [3.63, 3.8) is 0 Å². The fourth-order valence-corrected chi connectivity index (χ4v) is 8.83. The van der Waals surface area contributed by atoms with E-state index in [0.29, 0.717) is 5.95 Å². The van der Waals surface area contributed by atoms with Crippen molar-refractivity contribution in [2.24, 2.45) is 0 Å². The average molecular weight is 729 g/mol. The minimum absolute atomic E-state index is 0.591. The van der Waals surface area contributed by atoms with E-state index in [-0.39, 0.29) is 0 Å². The number of hydrogen-bond donors (Lipinski definition) is 0. The molecule has 0 aliphatic carbocycles. The zero-order chi connectivity index (χ0) is 37.5. The molecule has 0 fully saturated rings. The standard InChI is InChI=1S/C52H32N4O/c1-3-15-33(16-4-1)34-17-13-18-35(31-34)43-32-44(41-25-14-24-40-38-22-9-12-28-48(38)57-51(40)41)54-52(53-43)56-46-27-11-8-23-42(46)49-47(56)30-29-39-37-21-7-10-26-45(37)55(50(39)49)36-19-5-2-6-20-36/h1-32H. The Morgan fingerprint density at radius 2 is 1.02 bits per heavy atom. The van der Waals surface area contributed by atoms with Crippen LogP contribution in [-0.4, -0.2) is 19.1 Å². The summed E-state index contributed by atoms with van der Waals surface area (Å²) in [6.07, 6.45) is 0. The first kappa shape index (κ1) is 31.6. The van der Waals surface area contributed by atoms with Gasteiger partial charge in [-0.25, -0.2) is 9.97 Å². The third-order valence-corrected chi connectivity index (χ3v) is 11.3. The molecule has 12 aromatic rings. The van der Waals surface area contributed by atoms with E-state index in [2.05, 4.69) is 185 Å². The third kappa shape index (κ3) is 4.82. The second-order valence-corrected chi connectivity index (χ2v) is 14.6. The van der Waals surface area contributed by atoms with E-state index >= 15 is 0 Å². The van der Waals surface area contributed by atoms with Crippen LogP contribution in [0.4, 0.5) is 0 Å². The number of benzene rings is 8. The molecule has 5 heteroatoms. The van der Waals surface area contributed by atoms with Crippen molar-refractivity contribution in [3.8, 4) is 45.3 Å². The van der Waals surface area contributed by atoms with Crippen molar-refractivity contribution >= 4 is 65.6 Å². The van der Waals surface area contributed by atoms with Crippen LogP contribution in [0.1, 0.15) is 0 Å². The molecule has 0 saturated carbocycles. The van der Waals surface area contributed by atoms with Crippen molar-refractivity contribution in [1.29, 1.82) is 0 Å². The summed E-state index contributed by atoms with van der Waals surface area (Å²) in [7, 11) is 0. The number of nitrogens with zero attached hydrogens (tertiary/aromatic N) is 4. The van der Waals surface area contributed by atoms with E-state index in [9.17, 15) is 0 Å². The number of para-hydroxylation sites is 5. The number of hydrogen-bond acceptors (Lipinski definition) is 3. The van der Waals surface area contributed by atoms with Crippen molar-refractivity contribution in [2.75, 3.05) is 0 Å². The molecule has 4 heterocycles. The Balaban J connectivity index is 1.18. The van der Waals surface area contributed by atoms with Crippen LogP contribution in [0, 0.1) is 0 Å². The summed E-state index contributed by atoms with van der Waals surface area (Å²) < 4.78 is 11.2. The van der Waals surface area contributed by atoms with Gasteiger partial charge in [0, 0.05) is 49.1 Å². The number of rotatable bonds is 5. The zero-order valence-corrected chi connectivity index (χ0v) is 30.7. The van der Waals surface area contributed by atoms with Gasteiger partial charge < -0.3 is 8.98 Å². The van der Waals surface area contributed by atoms with Crippen LogP contribution in [0.5, 0.6) is 0 Å². The van der Waals surface area contributed by atoms with E-state index in [1.165, 1.54) is 16.3 Å². The van der Waals surface area contributed by atoms with Gasteiger partial charge in [-0.15, -0.1) is 0 Å². The molecule has 0 radical (unpaired) electrons. The Morgan fingerprint density at radius 3 is 1.86 bits per heavy atom. The fraction of sp³-hybridized carbons (Fsp3) is 0. The lowest BCUT2D eigenvalue weighted by molar-refractivity contribution is 0.670. The maximum absolute atomic E-state index is 6.59. The molecule has 0 aliphatic rings. The lowest BCUT2D eigenvalue weighted by Crippen LogP contribution is -2.04. The van der Waals surface area contributed by atoms with Gasteiger partial charge in [0.05, 0.1) is 33.5 Å². The van der Waals surface area contributed by atoms with E-state index in [4.69, 9.17) is 14.4 Å². The van der Waals surface area contributed by atoms with Gasteiger partial charge in [-0.05, 0) is 65.7 Å². The first-order chi connectivity index (χ1) is 28.3. The first-order valence-corrected chi connectivity index (χ1v) is 19.3. The predicted octanol–water partition coefficient (Wildman–Crippen LogP) is 13.6. The van der Waals surface area contributed by atoms with Crippen molar-refractivity contribution in [1.82, 2.24) is 19.1 Å². The van der Waals surface area contributed by atoms with Crippen LogP contribution >= 0.6 is 0 Å². The van der Waals surface area contributed by atoms with Crippen LogP contribution < -0.4 is 0 Å². The van der Waals surface area contributed by atoms with Gasteiger partial charge in [0.1, 0.15) is 11.2 Å². The lowest BCUT2D eigenvalue weighted by Gasteiger charge is -2.13. The summed E-state index contributed by atoms with van der Waals surface area (Å²) in [4.78, 5) is 10.9. The summed E-state index contributed by atoms with van der Waals surface area (Å²) >= 11 is 0. The predicted molar refractivity (Wildman–Crippen MR) is 234 cm³/mol. The number of fused-ring (bicyclic) bond motifs is 10. The Kier molecular flexibility index (Phi) is 6.86. The van der Waals surface area contributed by atoms with E-state index < -0.39 is 0 Å². The molecule has 8 aromatic carbocycles. The minimum atomic E-state index is 0.591. The normalized spacial score (nSPS) is 11.9. The number of furan rings is 1. The van der Waals surface area contributed by atoms with Gasteiger partial charge in [0.15, 0.2) is 0 Å². The molecule has 4 aromatic heterocycles. The highest BCUT2D eigenvalue weighted by Gasteiger charge is 2.23. The maximum atomic E-state index is 6.59. The van der Waals surface area contributed by atoms with Crippen LogP contribution in [-0.2, 0) is 0 Å². The molecule has 266 valence electrons. The Bertz CT molecular complexity index is 3520. The highest BCUT2D eigenvalue weighted by Crippen LogP contribution is 2.43. The van der Waals surface area contributed by atoms with E-state index in [1.807, 2.05) is 18.2 Å². The second-order valence-electron chi connectivity index (χ2n) is 14.6. The summed E-state index contributed by atoms with van der Waals surface area (Å²) in [6, 6.07) is 68.2. The molecule has 0 amide bonds. The molecule has 5 nitrogen and oxygen atoms in total. The molecule has 0 atom stereocenters. The largest absolute Gasteiger partial charge is 0.455 e. The summed E-state index contributed by atoms with van der Waals surface area (Å²) in [6.45, 7) is 0. The Hall–Kier alpha value is -7.76. The topological polar surface area (TPSA) is 48.8 Å². The summed E-state index contributed by atoms with van der Waals surface area (Å²) in [5.74, 6) is 0.591. The van der Waals surface area contributed by atoms with Gasteiger partial charge in [0.2, 0.25) is 5.95 Å². The van der Waals surface area contributed by atoms with Crippen LogP contribution in [0.15, 0.2) is 199 Å². The monoisotopic (exact) mass is 728 g/mol. The first-order valence-electron chi connectivity index (χ1n) is 19.3. The summed E-state index contributed by atoms with van der Waals surface area (Å²) in [5.41, 5.74) is 13.0. The average Bonchev–Trinajstić information content (AvgIpc) is 3.95. The highest BCUT2D eigenvalue weighted by atomic mass is 16.3. The Morgan fingerprint density at radius 1 is 0.386 bits per heavy atom. The highest BCUT2D eigenvalue weighted by molar-refractivity contribution is 6.26. The van der Waals surface area contributed by atoms with Crippen molar-refractivity contribution < 1.29 is 4.42 Å². The van der Waals surface area contributed by atoms with Gasteiger partial charge >= 0.3 is 0 Å². The zero-order valence-electron chi connectivity index (χ0n) is 30.7. The maximum Gasteiger partial charge on any atom is 0.235 e. The molecule has 0 saturated heterocycles. The quantitative estimate of drug-likeness (QED) is 0.177. The van der Waals surface area contributed by atoms with Gasteiger partial charge in [-0.1, -0.05) is 140 Å². The third-order valence-electron chi connectivity index (χ3n) is 11.3. The minimum Gasteiger partial charge on any atom is -0.455 e. The smallest absolute Gasteiger partial charge is 0.235 e. The fourth-order valence-electron chi connectivity index (χ4n) is 8.83. The van der Waals surface area contributed by atoms with Crippen LogP contribution in [0.2, 0.25) is 0 Å². The van der Waals surface area contributed by atoms with Crippen LogP contribution in [0.25, 0.3) is 111 Å².